The lowest BCUT2D eigenvalue weighted by Crippen LogP contribution is -2.15. The molecule has 0 bridgehead atoms. The van der Waals surface area contributed by atoms with E-state index in [2.05, 4.69) is 4.98 Å². The van der Waals surface area contributed by atoms with Gasteiger partial charge in [-0.05, 0) is 60.0 Å². The van der Waals surface area contributed by atoms with Gasteiger partial charge in [-0.15, -0.1) is 13.2 Å². The number of ether oxygens (including phenoxy) is 2. The SMILES string of the molecule is CCOC(=O)Cc1ccccc1OCc1cc(-c2ccnc(CN)c2)c2ccn(C(F)(F)F)c2c1. The summed E-state index contributed by atoms with van der Waals surface area (Å²) in [5.74, 6) is 0.0754. The summed E-state index contributed by atoms with van der Waals surface area (Å²) in [7, 11) is 0. The first-order valence-corrected chi connectivity index (χ1v) is 11.0. The molecule has 2 aromatic carbocycles. The maximum Gasteiger partial charge on any atom is 0.488 e. The van der Waals surface area contributed by atoms with Gasteiger partial charge in [0.1, 0.15) is 12.4 Å². The number of hydrogen-bond acceptors (Lipinski definition) is 5. The number of para-hydroxylation sites is 1. The summed E-state index contributed by atoms with van der Waals surface area (Å²) in [6.45, 7) is 2.20. The number of rotatable bonds is 8. The van der Waals surface area contributed by atoms with Crippen LogP contribution >= 0.6 is 0 Å². The van der Waals surface area contributed by atoms with Gasteiger partial charge in [0.05, 0.1) is 24.2 Å². The maximum absolute atomic E-state index is 13.7. The third-order valence-electron chi connectivity index (χ3n) is 5.48. The van der Waals surface area contributed by atoms with Gasteiger partial charge in [-0.2, -0.15) is 0 Å². The number of hydrogen-bond donors (Lipinski definition) is 1. The molecule has 2 N–H and O–H groups in total. The van der Waals surface area contributed by atoms with E-state index in [0.29, 0.717) is 39.1 Å². The minimum absolute atomic E-state index is 0.000640. The fourth-order valence-electron chi connectivity index (χ4n) is 3.92. The number of alkyl halides is 3. The monoisotopic (exact) mass is 483 g/mol. The average Bonchev–Trinajstić information content (AvgIpc) is 3.28. The van der Waals surface area contributed by atoms with Crippen LogP contribution < -0.4 is 10.5 Å². The molecule has 0 saturated heterocycles. The van der Waals surface area contributed by atoms with Crippen molar-refractivity contribution in [2.45, 2.75) is 32.8 Å². The molecule has 0 spiro atoms. The fourth-order valence-corrected chi connectivity index (χ4v) is 3.92. The highest BCUT2D eigenvalue weighted by Gasteiger charge is 2.32. The zero-order valence-corrected chi connectivity index (χ0v) is 19.0. The molecule has 0 aliphatic rings. The quantitative estimate of drug-likeness (QED) is 0.343. The van der Waals surface area contributed by atoms with Crippen molar-refractivity contribution in [1.29, 1.82) is 0 Å². The molecule has 35 heavy (non-hydrogen) atoms. The maximum atomic E-state index is 13.7. The molecule has 0 aliphatic carbocycles. The Morgan fingerprint density at radius 3 is 2.66 bits per heavy atom. The number of benzene rings is 2. The summed E-state index contributed by atoms with van der Waals surface area (Å²) in [6.07, 6.45) is -1.95. The van der Waals surface area contributed by atoms with Crippen molar-refractivity contribution in [1.82, 2.24) is 9.55 Å². The molecule has 0 radical (unpaired) electrons. The zero-order valence-electron chi connectivity index (χ0n) is 19.0. The van der Waals surface area contributed by atoms with Crippen LogP contribution in [-0.2, 0) is 35.4 Å². The van der Waals surface area contributed by atoms with E-state index in [0.717, 1.165) is 6.20 Å². The first-order chi connectivity index (χ1) is 16.8. The van der Waals surface area contributed by atoms with Crippen molar-refractivity contribution in [2.24, 2.45) is 5.73 Å². The number of aromatic nitrogens is 2. The Morgan fingerprint density at radius 1 is 1.11 bits per heavy atom. The van der Waals surface area contributed by atoms with Gasteiger partial charge >= 0.3 is 12.3 Å². The minimum atomic E-state index is -4.58. The molecule has 0 fully saturated rings. The van der Waals surface area contributed by atoms with Crippen molar-refractivity contribution in [3.05, 3.63) is 83.8 Å². The van der Waals surface area contributed by atoms with E-state index < -0.39 is 6.30 Å². The van der Waals surface area contributed by atoms with Crippen molar-refractivity contribution in [3.8, 4) is 16.9 Å². The predicted molar refractivity (Wildman–Crippen MR) is 125 cm³/mol. The van der Waals surface area contributed by atoms with Crippen LogP contribution in [0.25, 0.3) is 22.0 Å². The Hall–Kier alpha value is -3.85. The number of nitrogens with two attached hydrogens (primary N) is 1. The van der Waals surface area contributed by atoms with E-state index in [-0.39, 0.29) is 42.2 Å². The van der Waals surface area contributed by atoms with Crippen LogP contribution in [0.2, 0.25) is 0 Å². The van der Waals surface area contributed by atoms with Crippen LogP contribution in [0.5, 0.6) is 5.75 Å². The standard InChI is InChI=1S/C26H24F3N3O3/c1-2-34-25(33)14-19-5-3-4-6-24(19)35-16-17-11-22(18-7-9-31-20(13-18)15-30)21-8-10-32(23(21)12-17)26(27,28)29/h3-13H,2,14-16,30H2,1H3. The Labute approximate surface area is 200 Å². The van der Waals surface area contributed by atoms with E-state index in [1.165, 1.54) is 12.1 Å². The van der Waals surface area contributed by atoms with Crippen LogP contribution in [-0.4, -0.2) is 22.1 Å². The second-order valence-electron chi connectivity index (χ2n) is 7.85. The molecule has 0 atom stereocenters. The number of carbonyl (C=O) groups excluding carboxylic acids is 1. The molecule has 6 nitrogen and oxygen atoms in total. The highest BCUT2D eigenvalue weighted by molar-refractivity contribution is 5.96. The smallest absolute Gasteiger partial charge is 0.488 e. The lowest BCUT2D eigenvalue weighted by atomic mass is 9.99. The zero-order chi connectivity index (χ0) is 25.0. The molecular formula is C26H24F3N3O3. The van der Waals surface area contributed by atoms with E-state index in [4.69, 9.17) is 15.2 Å². The van der Waals surface area contributed by atoms with E-state index in [1.807, 2.05) is 0 Å². The lowest BCUT2D eigenvalue weighted by molar-refractivity contribution is -0.200. The Kier molecular flexibility index (Phi) is 7.07. The van der Waals surface area contributed by atoms with Crippen LogP contribution in [0.3, 0.4) is 0 Å². The number of halogens is 3. The van der Waals surface area contributed by atoms with Gasteiger partial charge in [0, 0.05) is 29.9 Å². The average molecular weight is 483 g/mol. The largest absolute Gasteiger partial charge is 0.489 e. The van der Waals surface area contributed by atoms with Crippen LogP contribution in [0.15, 0.2) is 67.0 Å². The molecule has 0 amide bonds. The Bertz CT molecular complexity index is 1350. The summed E-state index contributed by atoms with van der Waals surface area (Å²) in [4.78, 5) is 16.1. The van der Waals surface area contributed by atoms with Gasteiger partial charge in [0.25, 0.3) is 0 Å². The van der Waals surface area contributed by atoms with Gasteiger partial charge in [0.15, 0.2) is 0 Å². The van der Waals surface area contributed by atoms with Gasteiger partial charge in [-0.25, -0.2) is 0 Å². The molecule has 9 heteroatoms. The molecule has 0 unspecified atom stereocenters. The molecule has 2 aromatic heterocycles. The highest BCUT2D eigenvalue weighted by Crippen LogP contribution is 2.36. The number of nitrogens with zero attached hydrogens (tertiary/aromatic N) is 2. The van der Waals surface area contributed by atoms with Crippen LogP contribution in [0, 0.1) is 0 Å². The molecule has 4 rings (SSSR count). The highest BCUT2D eigenvalue weighted by atomic mass is 19.4. The molecule has 0 saturated carbocycles. The molecule has 182 valence electrons. The minimum Gasteiger partial charge on any atom is -0.489 e. The summed E-state index contributed by atoms with van der Waals surface area (Å²) in [5, 5.41) is 0.447. The third kappa shape index (κ3) is 5.46. The van der Waals surface area contributed by atoms with E-state index in [9.17, 15) is 18.0 Å². The molecule has 4 aromatic rings. The molecule has 0 aliphatic heterocycles. The summed E-state index contributed by atoms with van der Waals surface area (Å²) < 4.78 is 52.3. The third-order valence-corrected chi connectivity index (χ3v) is 5.48. The number of fused-ring (bicyclic) bond motifs is 1. The van der Waals surface area contributed by atoms with Crippen molar-refractivity contribution in [2.75, 3.05) is 6.61 Å². The predicted octanol–water partition coefficient (Wildman–Crippen LogP) is 5.32. The first kappa shape index (κ1) is 24.3. The second kappa shape index (κ2) is 10.2. The van der Waals surface area contributed by atoms with Crippen molar-refractivity contribution < 1.29 is 27.4 Å². The molecule has 2 heterocycles. The first-order valence-electron chi connectivity index (χ1n) is 11.0. The Morgan fingerprint density at radius 2 is 1.91 bits per heavy atom. The Balaban J connectivity index is 1.73. The number of esters is 1. The van der Waals surface area contributed by atoms with Crippen LogP contribution in [0.4, 0.5) is 13.2 Å². The summed E-state index contributed by atoms with van der Waals surface area (Å²) in [5.41, 5.74) is 8.83. The van der Waals surface area contributed by atoms with Crippen molar-refractivity contribution >= 4 is 16.9 Å². The second-order valence-corrected chi connectivity index (χ2v) is 7.85. The van der Waals surface area contributed by atoms with Gasteiger partial charge in [0.2, 0.25) is 0 Å². The topological polar surface area (TPSA) is 79.4 Å². The fraction of sp³-hybridized carbons (Fsp3) is 0.231. The van der Waals surface area contributed by atoms with Crippen LogP contribution in [0.1, 0.15) is 23.7 Å². The van der Waals surface area contributed by atoms with E-state index >= 15 is 0 Å². The van der Waals surface area contributed by atoms with Crippen molar-refractivity contribution in [3.63, 3.8) is 0 Å². The van der Waals surface area contributed by atoms with Gasteiger partial charge < -0.3 is 15.2 Å². The van der Waals surface area contributed by atoms with E-state index in [1.54, 1.807) is 55.6 Å². The number of carbonyl (C=O) groups is 1. The summed E-state index contributed by atoms with van der Waals surface area (Å²) in [6, 6.07) is 15.2. The number of pyridine rings is 1. The summed E-state index contributed by atoms with van der Waals surface area (Å²) >= 11 is 0. The van der Waals surface area contributed by atoms with Gasteiger partial charge in [-0.1, -0.05) is 18.2 Å². The normalized spacial score (nSPS) is 11.6. The molecular weight excluding hydrogens is 459 g/mol. The van der Waals surface area contributed by atoms with Gasteiger partial charge in [-0.3, -0.25) is 14.3 Å². The lowest BCUT2D eigenvalue weighted by Gasteiger charge is -2.15.